The third-order valence-electron chi connectivity index (χ3n) is 5.55. The highest BCUT2D eigenvalue weighted by atomic mass is 16.7. The molecule has 0 saturated carbocycles. The number of benzene rings is 1. The number of hydrogen-bond donors (Lipinski definition) is 1. The summed E-state index contributed by atoms with van der Waals surface area (Å²) in [4.78, 5) is 30.5. The highest BCUT2D eigenvalue weighted by Gasteiger charge is 2.52. The predicted molar refractivity (Wildman–Crippen MR) is 104 cm³/mol. The molecule has 0 aromatic heterocycles. The largest absolute Gasteiger partial charge is 0.447 e. The van der Waals surface area contributed by atoms with E-state index < -0.39 is 17.7 Å². The Kier molecular flexibility index (Phi) is 5.76. The Morgan fingerprint density at radius 3 is 2.43 bits per heavy atom. The molecule has 7 heteroatoms. The molecule has 2 aliphatic rings. The lowest BCUT2D eigenvalue weighted by molar-refractivity contribution is -0.182. The molecule has 7 nitrogen and oxygen atoms in total. The van der Waals surface area contributed by atoms with E-state index in [-0.39, 0.29) is 0 Å². The third-order valence-corrected chi connectivity index (χ3v) is 5.55. The fourth-order valence-corrected chi connectivity index (χ4v) is 3.83. The summed E-state index contributed by atoms with van der Waals surface area (Å²) in [6.07, 6.45) is 0.409. The van der Waals surface area contributed by atoms with Gasteiger partial charge in [-0.25, -0.2) is 9.59 Å². The first kappa shape index (κ1) is 20.4. The zero-order valence-corrected chi connectivity index (χ0v) is 17.2. The number of rotatable bonds is 4. The van der Waals surface area contributed by atoms with Crippen molar-refractivity contribution in [1.29, 1.82) is 0 Å². The van der Waals surface area contributed by atoms with E-state index in [9.17, 15) is 9.59 Å². The van der Waals surface area contributed by atoms with Crippen LogP contribution in [0.1, 0.15) is 42.0 Å². The van der Waals surface area contributed by atoms with Crippen molar-refractivity contribution in [2.75, 3.05) is 26.7 Å². The number of hydroxylamine groups is 2. The van der Waals surface area contributed by atoms with Gasteiger partial charge in [0.1, 0.15) is 5.57 Å². The van der Waals surface area contributed by atoms with E-state index in [2.05, 4.69) is 5.32 Å². The summed E-state index contributed by atoms with van der Waals surface area (Å²) in [5.41, 5.74) is 3.29. The minimum Gasteiger partial charge on any atom is -0.447 e. The number of amides is 1. The lowest BCUT2D eigenvalue weighted by Gasteiger charge is -2.37. The van der Waals surface area contributed by atoms with Gasteiger partial charge in [-0.2, -0.15) is 5.06 Å². The van der Waals surface area contributed by atoms with E-state index >= 15 is 0 Å². The van der Waals surface area contributed by atoms with Crippen LogP contribution in [-0.2, 0) is 19.1 Å². The summed E-state index contributed by atoms with van der Waals surface area (Å²) < 4.78 is 11.6. The number of carbonyl (C=O) groups excluding carboxylic acids is 2. The Morgan fingerprint density at radius 2 is 1.82 bits per heavy atom. The van der Waals surface area contributed by atoms with Crippen LogP contribution in [0.4, 0.5) is 4.79 Å². The average molecular weight is 388 g/mol. The van der Waals surface area contributed by atoms with E-state index in [1.54, 1.807) is 7.11 Å². The van der Waals surface area contributed by atoms with Crippen LogP contribution >= 0.6 is 0 Å². The number of ether oxygens (including phenoxy) is 2. The Balaban J connectivity index is 2.10. The number of carbonyl (C=O) groups is 2. The fourth-order valence-electron chi connectivity index (χ4n) is 3.83. The second kappa shape index (κ2) is 7.93. The Hall–Kier alpha value is -2.38. The van der Waals surface area contributed by atoms with Gasteiger partial charge < -0.3 is 19.6 Å². The number of aryl methyl sites for hydroxylation is 3. The van der Waals surface area contributed by atoms with Crippen molar-refractivity contribution in [2.45, 2.75) is 46.1 Å². The second-order valence-electron chi connectivity index (χ2n) is 7.37. The van der Waals surface area contributed by atoms with E-state index in [0.29, 0.717) is 43.8 Å². The topological polar surface area (TPSA) is 77.1 Å². The van der Waals surface area contributed by atoms with Crippen LogP contribution in [0, 0.1) is 20.8 Å². The van der Waals surface area contributed by atoms with Gasteiger partial charge in [-0.05, 0) is 49.9 Å². The zero-order valence-electron chi connectivity index (χ0n) is 17.2. The standard InChI is InChI=1S/C21H28N2O5/c1-6-22-20(25)27-18-17(16-12-14(3)13(2)11-15(16)4)19(24)28-21(18)7-9-23(26-5)10-8-21/h11-12H,6-10H2,1-5H3,(H,22,25). The molecule has 2 heterocycles. The van der Waals surface area contributed by atoms with Crippen molar-refractivity contribution < 1.29 is 23.9 Å². The van der Waals surface area contributed by atoms with Gasteiger partial charge in [0.25, 0.3) is 0 Å². The molecular weight excluding hydrogens is 360 g/mol. The lowest BCUT2D eigenvalue weighted by Crippen LogP contribution is -2.46. The number of nitrogens with zero attached hydrogens (tertiary/aromatic N) is 1. The van der Waals surface area contributed by atoms with Crippen molar-refractivity contribution >= 4 is 17.6 Å². The number of alkyl carbamates (subject to hydrolysis) is 1. The van der Waals surface area contributed by atoms with Gasteiger partial charge in [0, 0.05) is 32.5 Å². The van der Waals surface area contributed by atoms with Crippen LogP contribution in [0.5, 0.6) is 0 Å². The van der Waals surface area contributed by atoms with Crippen molar-refractivity contribution in [3.8, 4) is 0 Å². The summed E-state index contributed by atoms with van der Waals surface area (Å²) in [7, 11) is 1.62. The van der Waals surface area contributed by atoms with Crippen LogP contribution < -0.4 is 5.32 Å². The maximum atomic E-state index is 13.0. The molecule has 2 aliphatic heterocycles. The van der Waals surface area contributed by atoms with Crippen LogP contribution in [0.15, 0.2) is 17.9 Å². The highest BCUT2D eigenvalue weighted by Crippen LogP contribution is 2.45. The molecular formula is C21H28N2O5. The van der Waals surface area contributed by atoms with E-state index in [4.69, 9.17) is 14.3 Å². The van der Waals surface area contributed by atoms with Gasteiger partial charge >= 0.3 is 12.1 Å². The average Bonchev–Trinajstić information content (AvgIpc) is 2.90. The monoisotopic (exact) mass is 388 g/mol. The molecule has 0 aliphatic carbocycles. The summed E-state index contributed by atoms with van der Waals surface area (Å²) in [5, 5.41) is 4.45. The highest BCUT2D eigenvalue weighted by molar-refractivity contribution is 6.20. The van der Waals surface area contributed by atoms with Gasteiger partial charge in [0.2, 0.25) is 0 Å². The summed E-state index contributed by atoms with van der Waals surface area (Å²) >= 11 is 0. The van der Waals surface area contributed by atoms with Crippen LogP contribution in [-0.4, -0.2) is 49.5 Å². The van der Waals surface area contributed by atoms with Gasteiger partial charge in [0.15, 0.2) is 11.4 Å². The number of hydrogen-bond acceptors (Lipinski definition) is 6. The minimum absolute atomic E-state index is 0.311. The minimum atomic E-state index is -0.947. The van der Waals surface area contributed by atoms with Crippen molar-refractivity contribution in [2.24, 2.45) is 0 Å². The summed E-state index contributed by atoms with van der Waals surface area (Å²) in [5.74, 6) is -0.137. The molecule has 1 fully saturated rings. The first-order chi connectivity index (χ1) is 13.3. The normalized spacial score (nSPS) is 19.1. The molecule has 0 atom stereocenters. The Morgan fingerprint density at radius 1 is 1.18 bits per heavy atom. The Bertz CT molecular complexity index is 822. The maximum Gasteiger partial charge on any atom is 0.412 e. The second-order valence-corrected chi connectivity index (χ2v) is 7.37. The molecule has 1 aromatic carbocycles. The molecule has 3 rings (SSSR count). The van der Waals surface area contributed by atoms with Crippen molar-refractivity contribution in [1.82, 2.24) is 10.4 Å². The molecule has 1 aromatic rings. The molecule has 152 valence electrons. The molecule has 1 spiro atoms. The fraction of sp³-hybridized carbons (Fsp3) is 0.524. The summed E-state index contributed by atoms with van der Waals surface area (Å²) in [6.45, 7) is 9.37. The first-order valence-electron chi connectivity index (χ1n) is 9.62. The van der Waals surface area contributed by atoms with Crippen LogP contribution in [0.25, 0.3) is 5.57 Å². The third kappa shape index (κ3) is 3.64. The molecule has 1 saturated heterocycles. The van der Waals surface area contributed by atoms with E-state index in [1.807, 2.05) is 44.9 Å². The maximum absolute atomic E-state index is 13.0. The molecule has 1 amide bonds. The first-order valence-corrected chi connectivity index (χ1v) is 9.62. The molecule has 0 radical (unpaired) electrons. The van der Waals surface area contributed by atoms with Crippen LogP contribution in [0.3, 0.4) is 0 Å². The van der Waals surface area contributed by atoms with Crippen LogP contribution in [0.2, 0.25) is 0 Å². The van der Waals surface area contributed by atoms with Gasteiger partial charge in [-0.15, -0.1) is 0 Å². The summed E-state index contributed by atoms with van der Waals surface area (Å²) in [6, 6.07) is 4.00. The zero-order chi connectivity index (χ0) is 20.5. The smallest absolute Gasteiger partial charge is 0.412 e. The number of piperidine rings is 1. The SMILES string of the molecule is CCNC(=O)OC1=C(c2cc(C)c(C)cc2C)C(=O)OC12CCN(OC)CC2. The van der Waals surface area contributed by atoms with Gasteiger partial charge in [-0.3, -0.25) is 0 Å². The van der Waals surface area contributed by atoms with Gasteiger partial charge in [0.05, 0.1) is 7.11 Å². The molecule has 1 N–H and O–H groups in total. The number of esters is 1. The molecule has 28 heavy (non-hydrogen) atoms. The molecule has 0 bridgehead atoms. The quantitative estimate of drug-likeness (QED) is 0.799. The van der Waals surface area contributed by atoms with Gasteiger partial charge in [-0.1, -0.05) is 12.1 Å². The van der Waals surface area contributed by atoms with Crippen molar-refractivity contribution in [3.05, 3.63) is 40.1 Å². The Labute approximate surface area is 165 Å². The van der Waals surface area contributed by atoms with E-state index in [1.165, 1.54) is 0 Å². The van der Waals surface area contributed by atoms with Crippen molar-refractivity contribution in [3.63, 3.8) is 0 Å². The predicted octanol–water partition coefficient (Wildman–Crippen LogP) is 3.02. The number of nitrogens with one attached hydrogen (secondary N) is 1. The van der Waals surface area contributed by atoms with E-state index in [0.717, 1.165) is 22.3 Å². The molecule has 0 unspecified atom stereocenters. The lowest BCUT2D eigenvalue weighted by atomic mass is 9.87.